The molecule has 0 aliphatic carbocycles. The van der Waals surface area contributed by atoms with Gasteiger partial charge in [0.25, 0.3) is 0 Å². The van der Waals surface area contributed by atoms with Crippen LogP contribution in [0.4, 0.5) is 5.69 Å². The zero-order valence-corrected chi connectivity index (χ0v) is 15.5. The smallest absolute Gasteiger partial charge is 0.185 e. The van der Waals surface area contributed by atoms with Crippen LogP contribution in [0.25, 0.3) is 6.08 Å². The van der Waals surface area contributed by atoms with Crippen LogP contribution in [0.15, 0.2) is 41.0 Å². The fourth-order valence-electron chi connectivity index (χ4n) is 3.03. The van der Waals surface area contributed by atoms with Gasteiger partial charge in [-0.2, -0.15) is 5.10 Å². The van der Waals surface area contributed by atoms with Crippen molar-refractivity contribution in [3.05, 3.63) is 52.3 Å². The van der Waals surface area contributed by atoms with E-state index in [1.54, 1.807) is 12.3 Å². The van der Waals surface area contributed by atoms with Crippen LogP contribution in [-0.4, -0.2) is 28.7 Å². The molecule has 4 nitrogen and oxygen atoms in total. The highest BCUT2D eigenvalue weighted by molar-refractivity contribution is 9.10. The van der Waals surface area contributed by atoms with Crippen LogP contribution in [0, 0.1) is 0 Å². The van der Waals surface area contributed by atoms with Gasteiger partial charge >= 0.3 is 0 Å². The number of carbonyl (C=O) groups is 1. The number of ketones is 1. The maximum absolute atomic E-state index is 12.4. The van der Waals surface area contributed by atoms with Crippen molar-refractivity contribution in [1.82, 2.24) is 9.78 Å². The quantitative estimate of drug-likeness (QED) is 0.557. The van der Waals surface area contributed by atoms with Crippen molar-refractivity contribution in [2.24, 2.45) is 0 Å². The Hall–Kier alpha value is -1.88. The molecule has 0 bridgehead atoms. The topological polar surface area (TPSA) is 38.1 Å². The number of hydrogen-bond donors (Lipinski definition) is 0. The number of benzene rings is 1. The molecule has 1 aromatic carbocycles. The van der Waals surface area contributed by atoms with E-state index in [9.17, 15) is 4.79 Å². The van der Waals surface area contributed by atoms with Crippen LogP contribution in [0.2, 0.25) is 0 Å². The lowest BCUT2D eigenvalue weighted by Gasteiger charge is -2.28. The largest absolute Gasteiger partial charge is 0.372 e. The maximum Gasteiger partial charge on any atom is 0.185 e. The summed E-state index contributed by atoms with van der Waals surface area (Å²) in [5.41, 5.74) is 2.84. The molecule has 0 unspecified atom stereocenters. The average molecular weight is 388 g/mol. The van der Waals surface area contributed by atoms with E-state index in [0.717, 1.165) is 29.8 Å². The molecule has 126 valence electrons. The van der Waals surface area contributed by atoms with E-state index < -0.39 is 0 Å². The molecule has 1 aliphatic rings. The molecule has 2 heterocycles. The summed E-state index contributed by atoms with van der Waals surface area (Å²) in [6, 6.07) is 7.95. The van der Waals surface area contributed by atoms with Crippen LogP contribution in [-0.2, 0) is 6.54 Å². The number of carbonyl (C=O) groups excluding carboxylic acids is 1. The SMILES string of the molecule is CCn1ncc(Br)c1/C=C/C(=O)c1ccc(N2CCCCC2)cc1. The molecule has 0 spiro atoms. The summed E-state index contributed by atoms with van der Waals surface area (Å²) >= 11 is 3.47. The molecule has 1 fully saturated rings. The summed E-state index contributed by atoms with van der Waals surface area (Å²) in [7, 11) is 0. The van der Waals surface area contributed by atoms with Gasteiger partial charge in [0.05, 0.1) is 16.4 Å². The molecule has 1 aromatic heterocycles. The zero-order chi connectivity index (χ0) is 16.9. The number of allylic oxidation sites excluding steroid dienone is 1. The summed E-state index contributed by atoms with van der Waals surface area (Å²) in [5.74, 6) is 0.0101. The Bertz CT molecular complexity index is 728. The van der Waals surface area contributed by atoms with Crippen molar-refractivity contribution < 1.29 is 4.79 Å². The molecule has 0 N–H and O–H groups in total. The molecule has 5 heteroatoms. The van der Waals surface area contributed by atoms with Gasteiger partial charge in [-0.15, -0.1) is 0 Å². The number of rotatable bonds is 5. The van der Waals surface area contributed by atoms with E-state index in [1.165, 1.54) is 24.9 Å². The van der Waals surface area contributed by atoms with Gasteiger partial charge in [0.2, 0.25) is 0 Å². The zero-order valence-electron chi connectivity index (χ0n) is 13.9. The molecule has 0 atom stereocenters. The van der Waals surface area contributed by atoms with Crippen LogP contribution < -0.4 is 4.90 Å². The van der Waals surface area contributed by atoms with E-state index in [4.69, 9.17) is 0 Å². The monoisotopic (exact) mass is 387 g/mol. The Kier molecular flexibility index (Phi) is 5.51. The first-order valence-electron chi connectivity index (χ1n) is 8.48. The third kappa shape index (κ3) is 3.78. The number of nitrogens with zero attached hydrogens (tertiary/aromatic N) is 3. The Morgan fingerprint density at radius 3 is 2.58 bits per heavy atom. The minimum absolute atomic E-state index is 0.0101. The fraction of sp³-hybridized carbons (Fsp3) is 0.368. The molecule has 24 heavy (non-hydrogen) atoms. The molecule has 3 rings (SSSR count). The lowest BCUT2D eigenvalue weighted by atomic mass is 10.1. The number of aromatic nitrogens is 2. The van der Waals surface area contributed by atoms with E-state index >= 15 is 0 Å². The van der Waals surface area contributed by atoms with E-state index in [0.29, 0.717) is 5.56 Å². The van der Waals surface area contributed by atoms with Crippen molar-refractivity contribution in [2.75, 3.05) is 18.0 Å². The van der Waals surface area contributed by atoms with Crippen molar-refractivity contribution in [1.29, 1.82) is 0 Å². The third-order valence-electron chi connectivity index (χ3n) is 4.40. The Balaban J connectivity index is 1.70. The normalized spacial score (nSPS) is 15.2. The van der Waals surface area contributed by atoms with Crippen LogP contribution >= 0.6 is 15.9 Å². The molecular formula is C19H22BrN3O. The molecule has 0 amide bonds. The van der Waals surface area contributed by atoms with Gasteiger partial charge in [-0.25, -0.2) is 0 Å². The van der Waals surface area contributed by atoms with Crippen molar-refractivity contribution in [3.63, 3.8) is 0 Å². The molecular weight excluding hydrogens is 366 g/mol. The first-order valence-corrected chi connectivity index (χ1v) is 9.27. The maximum atomic E-state index is 12.4. The highest BCUT2D eigenvalue weighted by Gasteiger charge is 2.11. The second-order valence-corrected chi connectivity index (χ2v) is 6.84. The summed E-state index contributed by atoms with van der Waals surface area (Å²) in [4.78, 5) is 14.8. The lowest BCUT2D eigenvalue weighted by molar-refractivity contribution is 0.104. The summed E-state index contributed by atoms with van der Waals surface area (Å²) in [6.45, 7) is 5.02. The first-order chi connectivity index (χ1) is 11.7. The Labute approximate surface area is 151 Å². The van der Waals surface area contributed by atoms with Gasteiger partial charge < -0.3 is 4.90 Å². The number of hydrogen-bond acceptors (Lipinski definition) is 3. The van der Waals surface area contributed by atoms with Gasteiger partial charge in [0.15, 0.2) is 5.78 Å². The van der Waals surface area contributed by atoms with Crippen molar-refractivity contribution in [2.45, 2.75) is 32.7 Å². The van der Waals surface area contributed by atoms with Crippen molar-refractivity contribution >= 4 is 33.5 Å². The number of anilines is 1. The number of halogens is 1. The number of aryl methyl sites for hydroxylation is 1. The van der Waals surface area contributed by atoms with E-state index in [1.807, 2.05) is 29.8 Å². The van der Waals surface area contributed by atoms with Crippen LogP contribution in [0.1, 0.15) is 42.2 Å². The Morgan fingerprint density at radius 1 is 1.21 bits per heavy atom. The molecule has 0 saturated carbocycles. The summed E-state index contributed by atoms with van der Waals surface area (Å²) in [5, 5.41) is 4.25. The standard InChI is InChI=1S/C19H22BrN3O/c1-2-23-18(17(20)14-21-23)10-11-19(24)15-6-8-16(9-7-15)22-12-4-3-5-13-22/h6-11,14H,2-5,12-13H2,1H3/b11-10+. The molecule has 0 radical (unpaired) electrons. The van der Waals surface area contributed by atoms with Gasteiger partial charge in [-0.1, -0.05) is 0 Å². The predicted molar refractivity (Wildman–Crippen MR) is 101 cm³/mol. The Morgan fingerprint density at radius 2 is 1.92 bits per heavy atom. The van der Waals surface area contributed by atoms with Crippen LogP contribution in [0.5, 0.6) is 0 Å². The average Bonchev–Trinajstić information content (AvgIpc) is 3.00. The highest BCUT2D eigenvalue weighted by atomic mass is 79.9. The van der Waals surface area contributed by atoms with Crippen LogP contribution in [0.3, 0.4) is 0 Å². The molecule has 1 saturated heterocycles. The first kappa shape index (κ1) is 17.0. The molecule has 2 aromatic rings. The second-order valence-electron chi connectivity index (χ2n) is 5.99. The number of piperidine rings is 1. The van der Waals surface area contributed by atoms with E-state index in [-0.39, 0.29) is 5.78 Å². The molecule has 1 aliphatic heterocycles. The highest BCUT2D eigenvalue weighted by Crippen LogP contribution is 2.21. The predicted octanol–water partition coefficient (Wildman–Crippen LogP) is 4.55. The van der Waals surface area contributed by atoms with Gasteiger partial charge in [0, 0.05) is 30.9 Å². The summed E-state index contributed by atoms with van der Waals surface area (Å²) in [6.07, 6.45) is 9.01. The summed E-state index contributed by atoms with van der Waals surface area (Å²) < 4.78 is 2.75. The van der Waals surface area contributed by atoms with E-state index in [2.05, 4.69) is 38.1 Å². The van der Waals surface area contributed by atoms with Crippen molar-refractivity contribution in [3.8, 4) is 0 Å². The van der Waals surface area contributed by atoms with Gasteiger partial charge in [-0.3, -0.25) is 9.48 Å². The lowest BCUT2D eigenvalue weighted by Crippen LogP contribution is -2.29. The van der Waals surface area contributed by atoms with Gasteiger partial charge in [0.1, 0.15) is 0 Å². The minimum Gasteiger partial charge on any atom is -0.372 e. The van der Waals surface area contributed by atoms with Gasteiger partial charge in [-0.05, 0) is 78.5 Å². The third-order valence-corrected chi connectivity index (χ3v) is 5.01. The minimum atomic E-state index is 0.0101. The second kappa shape index (κ2) is 7.79. The fourth-order valence-corrected chi connectivity index (χ4v) is 3.46.